The number of phosphoric ester groups is 2. The lowest BCUT2D eigenvalue weighted by molar-refractivity contribution is -0.161. The van der Waals surface area contributed by atoms with Crippen LogP contribution in [0.4, 0.5) is 0 Å². The Morgan fingerprint density at radius 3 is 0.882 bits per heavy atom. The second-order valence-electron chi connectivity index (χ2n) is 26.5. The molecule has 3 N–H and O–H groups in total. The molecular weight excluding hydrogens is 1220 g/mol. The smallest absolute Gasteiger partial charge is 0.462 e. The van der Waals surface area contributed by atoms with E-state index < -0.39 is 97.5 Å². The predicted molar refractivity (Wildman–Crippen MR) is 377 cm³/mol. The number of hydrogen-bond donors (Lipinski definition) is 3. The monoisotopic (exact) mass is 1360 g/mol. The van der Waals surface area contributed by atoms with Gasteiger partial charge in [-0.25, -0.2) is 9.13 Å². The average molecular weight is 1360 g/mol. The maximum Gasteiger partial charge on any atom is 0.472 e. The number of phosphoric acid groups is 2. The minimum absolute atomic E-state index is 0.0853. The minimum atomic E-state index is -4.96. The number of hydrogen-bond acceptors (Lipinski definition) is 15. The van der Waals surface area contributed by atoms with Gasteiger partial charge in [0.2, 0.25) is 0 Å². The van der Waals surface area contributed by atoms with Gasteiger partial charge in [-0.2, -0.15) is 0 Å². The van der Waals surface area contributed by atoms with Crippen LogP contribution in [-0.4, -0.2) is 96.7 Å². The second-order valence-corrected chi connectivity index (χ2v) is 29.4. The van der Waals surface area contributed by atoms with E-state index in [0.29, 0.717) is 25.7 Å². The number of rotatable bonds is 72. The van der Waals surface area contributed by atoms with Crippen molar-refractivity contribution in [2.24, 2.45) is 5.92 Å². The molecule has 0 aliphatic heterocycles. The van der Waals surface area contributed by atoms with Crippen LogP contribution in [0.1, 0.15) is 362 Å². The van der Waals surface area contributed by atoms with Crippen LogP contribution in [0.5, 0.6) is 0 Å². The topological polar surface area (TPSA) is 237 Å². The fourth-order valence-electron chi connectivity index (χ4n) is 10.8. The zero-order valence-corrected chi connectivity index (χ0v) is 61.7. The van der Waals surface area contributed by atoms with Crippen LogP contribution >= 0.6 is 15.6 Å². The summed E-state index contributed by atoms with van der Waals surface area (Å²) in [6.45, 7) is 7.21. The van der Waals surface area contributed by atoms with E-state index in [0.717, 1.165) is 109 Å². The fraction of sp³-hybridized carbons (Fsp3) is 0.892. The van der Waals surface area contributed by atoms with Crippen molar-refractivity contribution >= 4 is 39.5 Å². The average Bonchev–Trinajstić information content (AvgIpc) is 3.16. The molecule has 0 aromatic rings. The quantitative estimate of drug-likeness (QED) is 0.0169. The van der Waals surface area contributed by atoms with Gasteiger partial charge in [-0.15, -0.1) is 0 Å². The number of carbonyl (C=O) groups is 4. The zero-order valence-electron chi connectivity index (χ0n) is 59.9. The lowest BCUT2D eigenvalue weighted by Crippen LogP contribution is -2.30. The molecular formula is C74H140O17P2. The van der Waals surface area contributed by atoms with Gasteiger partial charge in [0.05, 0.1) is 26.4 Å². The summed E-state index contributed by atoms with van der Waals surface area (Å²) >= 11 is 0. The van der Waals surface area contributed by atoms with E-state index in [2.05, 4.69) is 58.9 Å². The highest BCUT2D eigenvalue weighted by atomic mass is 31.2. The first-order chi connectivity index (χ1) is 45.0. The van der Waals surface area contributed by atoms with E-state index in [1.165, 1.54) is 173 Å². The molecule has 0 aromatic heterocycles. The molecule has 0 bridgehead atoms. The normalized spacial score (nSPS) is 14.2. The molecule has 19 heteroatoms. The number of allylic oxidation sites excluding steroid dienone is 4. The predicted octanol–water partition coefficient (Wildman–Crippen LogP) is 21.2. The summed E-state index contributed by atoms with van der Waals surface area (Å²) in [7, 11) is -9.92. The highest BCUT2D eigenvalue weighted by Gasteiger charge is 2.30. The van der Waals surface area contributed by atoms with Crippen LogP contribution < -0.4 is 0 Å². The van der Waals surface area contributed by atoms with Crippen molar-refractivity contribution in [1.29, 1.82) is 0 Å². The van der Waals surface area contributed by atoms with E-state index >= 15 is 0 Å². The molecule has 0 aliphatic carbocycles. The standard InChI is InChI=1S/C74H140O17P2/c1-6-9-12-15-18-21-23-25-27-29-35-40-45-50-55-60-74(79)91-70(64-85-72(77)58-53-48-43-38-33-31-30-32-37-41-46-51-56-67(4)5)66-89-93(82,83)87-62-68(75)61-86-92(80,81)88-65-69(63-84-71(76)57-52-47-42-36-20-17-14-11-8-3)90-73(78)59-54-49-44-39-34-28-26-24-22-19-16-13-10-7-2/h21,23,25,27,67-70,75H,6-20,22,24,26,28-66H2,1-5H3,(H,80,81)(H,82,83)/b23-21-,27-25-/t68-,69+,70+/m0/s1. The summed E-state index contributed by atoms with van der Waals surface area (Å²) in [6, 6.07) is 0. The number of esters is 4. The lowest BCUT2D eigenvalue weighted by atomic mass is 10.0. The van der Waals surface area contributed by atoms with Crippen molar-refractivity contribution in [2.75, 3.05) is 39.6 Å². The maximum atomic E-state index is 13.1. The molecule has 0 radical (unpaired) electrons. The van der Waals surface area contributed by atoms with Crippen molar-refractivity contribution in [3.05, 3.63) is 24.3 Å². The van der Waals surface area contributed by atoms with Crippen LogP contribution in [-0.2, 0) is 65.4 Å². The summed E-state index contributed by atoms with van der Waals surface area (Å²) < 4.78 is 68.4. The molecule has 0 saturated carbocycles. The maximum absolute atomic E-state index is 13.1. The molecule has 17 nitrogen and oxygen atoms in total. The fourth-order valence-corrected chi connectivity index (χ4v) is 12.4. The highest BCUT2D eigenvalue weighted by Crippen LogP contribution is 2.45. The van der Waals surface area contributed by atoms with Gasteiger partial charge in [-0.3, -0.25) is 37.3 Å². The number of ether oxygens (including phenoxy) is 4. The third kappa shape index (κ3) is 67.9. The first-order valence-corrected chi connectivity index (χ1v) is 40.9. The Labute approximate surface area is 567 Å². The summed E-state index contributed by atoms with van der Waals surface area (Å²) in [5, 5.41) is 10.6. The van der Waals surface area contributed by atoms with Gasteiger partial charge in [-0.1, -0.05) is 309 Å². The Morgan fingerprint density at radius 1 is 0.333 bits per heavy atom. The lowest BCUT2D eigenvalue weighted by Gasteiger charge is -2.21. The molecule has 548 valence electrons. The first kappa shape index (κ1) is 90.5. The number of aliphatic hydroxyl groups is 1. The SMILES string of the molecule is CCCCCC/C=C\C=C/CCCCCCCC(=O)O[C@H](COC(=O)CCCCCCCCCCCCCCC(C)C)COP(=O)(O)OC[C@@H](O)COP(=O)(O)OC[C@@H](COC(=O)CCCCCCCCCCC)OC(=O)CCCCCCCCCCCCCCCC. The molecule has 0 fully saturated rings. The highest BCUT2D eigenvalue weighted by molar-refractivity contribution is 7.47. The van der Waals surface area contributed by atoms with Crippen molar-refractivity contribution in [1.82, 2.24) is 0 Å². The van der Waals surface area contributed by atoms with E-state index in [9.17, 15) is 43.2 Å². The summed E-state index contributed by atoms with van der Waals surface area (Å²) in [5.74, 6) is -1.37. The molecule has 5 atom stereocenters. The van der Waals surface area contributed by atoms with E-state index in [1.54, 1.807) is 0 Å². The van der Waals surface area contributed by atoms with Gasteiger partial charge in [0.15, 0.2) is 12.2 Å². The molecule has 0 aromatic carbocycles. The van der Waals surface area contributed by atoms with Gasteiger partial charge in [0, 0.05) is 25.7 Å². The summed E-state index contributed by atoms with van der Waals surface area (Å²) in [6.07, 6.45) is 57.6. The van der Waals surface area contributed by atoms with Crippen molar-refractivity contribution in [3.63, 3.8) is 0 Å². The molecule has 0 saturated heterocycles. The minimum Gasteiger partial charge on any atom is -0.462 e. The largest absolute Gasteiger partial charge is 0.472 e. The van der Waals surface area contributed by atoms with Crippen LogP contribution in [0.15, 0.2) is 24.3 Å². The Bertz CT molecular complexity index is 1880. The van der Waals surface area contributed by atoms with E-state index in [4.69, 9.17) is 37.0 Å². The van der Waals surface area contributed by atoms with Crippen LogP contribution in [0.3, 0.4) is 0 Å². The molecule has 0 amide bonds. The Morgan fingerprint density at radius 2 is 0.581 bits per heavy atom. The van der Waals surface area contributed by atoms with Crippen molar-refractivity contribution in [2.45, 2.75) is 380 Å². The first-order valence-electron chi connectivity index (χ1n) is 38.0. The second kappa shape index (κ2) is 66.8. The van der Waals surface area contributed by atoms with Crippen LogP contribution in [0.25, 0.3) is 0 Å². The van der Waals surface area contributed by atoms with Crippen molar-refractivity contribution < 1.29 is 80.2 Å². The molecule has 0 heterocycles. The van der Waals surface area contributed by atoms with E-state index in [-0.39, 0.29) is 25.7 Å². The van der Waals surface area contributed by atoms with Crippen LogP contribution in [0, 0.1) is 5.92 Å². The Balaban J connectivity index is 5.27. The number of aliphatic hydroxyl groups excluding tert-OH is 1. The molecule has 0 spiro atoms. The summed E-state index contributed by atoms with van der Waals surface area (Å²) in [5.41, 5.74) is 0. The van der Waals surface area contributed by atoms with Gasteiger partial charge in [0.1, 0.15) is 19.3 Å². The van der Waals surface area contributed by atoms with Crippen molar-refractivity contribution in [3.8, 4) is 0 Å². The molecule has 0 aliphatic rings. The van der Waals surface area contributed by atoms with Gasteiger partial charge >= 0.3 is 39.5 Å². The van der Waals surface area contributed by atoms with E-state index in [1.807, 2.05) is 0 Å². The molecule has 0 rings (SSSR count). The molecule has 2 unspecified atom stereocenters. The van der Waals surface area contributed by atoms with Crippen LogP contribution in [0.2, 0.25) is 0 Å². The number of carbonyl (C=O) groups excluding carboxylic acids is 4. The zero-order chi connectivity index (χ0) is 68.4. The Hall–Kier alpha value is -2.46. The number of unbranched alkanes of at least 4 members (excludes halogenated alkanes) is 41. The molecule has 93 heavy (non-hydrogen) atoms. The van der Waals surface area contributed by atoms with Gasteiger partial charge < -0.3 is 33.8 Å². The summed E-state index contributed by atoms with van der Waals surface area (Å²) in [4.78, 5) is 72.7. The van der Waals surface area contributed by atoms with Gasteiger partial charge in [-0.05, 0) is 57.3 Å². The van der Waals surface area contributed by atoms with Gasteiger partial charge in [0.25, 0.3) is 0 Å². The Kier molecular flexibility index (Phi) is 65.0. The third-order valence-electron chi connectivity index (χ3n) is 16.7. The third-order valence-corrected chi connectivity index (χ3v) is 18.6.